The van der Waals surface area contributed by atoms with E-state index in [9.17, 15) is 0 Å². The Morgan fingerprint density at radius 1 is 1.27 bits per heavy atom. The van der Waals surface area contributed by atoms with Crippen LogP contribution < -0.4 is 11.5 Å². The highest BCUT2D eigenvalue weighted by molar-refractivity contribution is 6.30. The average molecular weight is 326 g/mol. The van der Waals surface area contributed by atoms with E-state index in [1.165, 1.54) is 0 Å². The molecule has 0 saturated heterocycles. The van der Waals surface area contributed by atoms with Crippen LogP contribution in [-0.2, 0) is 4.79 Å². The van der Waals surface area contributed by atoms with Crippen LogP contribution in [-0.4, -0.2) is 27.8 Å². The molecule has 22 heavy (non-hydrogen) atoms. The van der Waals surface area contributed by atoms with Crippen molar-refractivity contribution >= 4 is 29.7 Å². The molecule has 0 fully saturated rings. The molecule has 1 aromatic heterocycles. The summed E-state index contributed by atoms with van der Waals surface area (Å²) in [4.78, 5) is 9.00. The van der Waals surface area contributed by atoms with Gasteiger partial charge in [-0.2, -0.15) is 5.10 Å². The molecule has 8 heteroatoms. The van der Waals surface area contributed by atoms with Crippen molar-refractivity contribution in [3.8, 4) is 5.69 Å². The molecule has 0 amide bonds. The molecule has 0 bridgehead atoms. The molecule has 116 valence electrons. The summed E-state index contributed by atoms with van der Waals surface area (Å²) < 4.78 is 1.95. The maximum Gasteiger partial charge on any atom is 0.300 e. The third kappa shape index (κ3) is 6.10. The second-order valence-corrected chi connectivity index (χ2v) is 4.50. The first-order valence-corrected chi connectivity index (χ1v) is 6.52. The summed E-state index contributed by atoms with van der Waals surface area (Å²) >= 11 is 5.85. The van der Waals surface area contributed by atoms with Crippen molar-refractivity contribution in [3.05, 3.63) is 53.3 Å². The summed E-state index contributed by atoms with van der Waals surface area (Å²) in [5, 5.41) is 15.5. The summed E-state index contributed by atoms with van der Waals surface area (Å²) in [7, 11) is 0. The predicted molar refractivity (Wildman–Crippen MR) is 87.5 cm³/mol. The van der Waals surface area contributed by atoms with Gasteiger partial charge < -0.3 is 21.1 Å². The lowest BCUT2D eigenvalue weighted by Crippen LogP contribution is -2.21. The van der Waals surface area contributed by atoms with Crippen LogP contribution in [0.1, 0.15) is 12.6 Å². The van der Waals surface area contributed by atoms with Gasteiger partial charge in [-0.15, -0.1) is 5.10 Å². The van der Waals surface area contributed by atoms with Gasteiger partial charge in [-0.1, -0.05) is 11.6 Å². The van der Waals surface area contributed by atoms with Gasteiger partial charge in [0.25, 0.3) is 5.97 Å². The number of aliphatic carboxylic acids is 1. The van der Waals surface area contributed by atoms with E-state index in [2.05, 4.69) is 10.2 Å². The number of carboxylic acid groups (broad SMARTS) is 1. The summed E-state index contributed by atoms with van der Waals surface area (Å²) in [6.45, 7) is 1.08. The summed E-state index contributed by atoms with van der Waals surface area (Å²) in [6, 6.07) is 11.3. The predicted octanol–water partition coefficient (Wildman–Crippen LogP) is 1.83. The van der Waals surface area contributed by atoms with E-state index in [1.54, 1.807) is 6.21 Å². The smallest absolute Gasteiger partial charge is 0.300 e. The molecule has 2 rings (SSSR count). The molecule has 2 aromatic rings. The Bertz CT molecular complexity index is 669. The quantitative estimate of drug-likeness (QED) is 0.453. The van der Waals surface area contributed by atoms with Gasteiger partial charge in [0.2, 0.25) is 5.96 Å². The molecular formula is C14H16ClN5O2. The van der Waals surface area contributed by atoms with Gasteiger partial charge in [-0.3, -0.25) is 4.79 Å². The molecular weight excluding hydrogens is 310 g/mol. The average Bonchev–Trinajstić information content (AvgIpc) is 2.87. The fourth-order valence-electron chi connectivity index (χ4n) is 1.49. The molecule has 5 N–H and O–H groups in total. The van der Waals surface area contributed by atoms with Crippen molar-refractivity contribution in [2.24, 2.45) is 21.7 Å². The van der Waals surface area contributed by atoms with E-state index in [1.807, 2.05) is 47.2 Å². The number of guanidine groups is 1. The summed E-state index contributed by atoms with van der Waals surface area (Å²) in [5.74, 6) is -0.907. The fraction of sp³-hybridized carbons (Fsp3) is 0.0714. The molecule has 0 unspecified atom stereocenters. The van der Waals surface area contributed by atoms with Crippen LogP contribution in [0.25, 0.3) is 5.69 Å². The van der Waals surface area contributed by atoms with Crippen molar-refractivity contribution < 1.29 is 9.90 Å². The lowest BCUT2D eigenvalue weighted by atomic mass is 10.3. The van der Waals surface area contributed by atoms with Gasteiger partial charge >= 0.3 is 0 Å². The topological polar surface area (TPSA) is 119 Å². The minimum atomic E-state index is -0.833. The Labute approximate surface area is 132 Å². The molecule has 0 aliphatic rings. The van der Waals surface area contributed by atoms with Gasteiger partial charge in [0, 0.05) is 23.8 Å². The van der Waals surface area contributed by atoms with Crippen LogP contribution in [0.2, 0.25) is 5.02 Å². The van der Waals surface area contributed by atoms with Crippen LogP contribution in [0.5, 0.6) is 0 Å². The number of rotatable bonds is 3. The molecule has 1 heterocycles. The minimum Gasteiger partial charge on any atom is -0.481 e. The number of benzene rings is 1. The van der Waals surface area contributed by atoms with E-state index < -0.39 is 5.97 Å². The molecule has 0 atom stereocenters. The highest BCUT2D eigenvalue weighted by Gasteiger charge is 2.00. The SMILES string of the molecule is CC(=O)O.NC(N)=N/N=C\[13c]1[13cH][13cH][13cH]n1-c1ccc(Cl)cc1. The molecule has 0 spiro atoms. The lowest BCUT2D eigenvalue weighted by Gasteiger charge is -2.05. The Kier molecular flexibility index (Phi) is 6.65. The molecule has 0 radical (unpaired) electrons. The third-order valence-corrected chi connectivity index (χ3v) is 2.50. The van der Waals surface area contributed by atoms with E-state index >= 15 is 0 Å². The first-order valence-electron chi connectivity index (χ1n) is 6.15. The van der Waals surface area contributed by atoms with E-state index in [0.29, 0.717) is 5.02 Å². The number of nitrogens with zero attached hydrogens (tertiary/aromatic N) is 3. The summed E-state index contributed by atoms with van der Waals surface area (Å²) in [6.07, 6.45) is 3.49. The van der Waals surface area contributed by atoms with Crippen molar-refractivity contribution in [2.45, 2.75) is 6.92 Å². The first kappa shape index (κ1) is 17.3. The van der Waals surface area contributed by atoms with E-state index in [4.69, 9.17) is 33.0 Å². The number of hydrogen-bond donors (Lipinski definition) is 3. The van der Waals surface area contributed by atoms with Crippen LogP contribution in [0.4, 0.5) is 0 Å². The Morgan fingerprint density at radius 3 is 2.41 bits per heavy atom. The first-order chi connectivity index (χ1) is 10.4. The van der Waals surface area contributed by atoms with Crippen molar-refractivity contribution in [3.63, 3.8) is 0 Å². The Morgan fingerprint density at radius 2 is 1.86 bits per heavy atom. The van der Waals surface area contributed by atoms with Crippen LogP contribution in [0, 0.1) is 0 Å². The summed E-state index contributed by atoms with van der Waals surface area (Å²) in [5.41, 5.74) is 12.2. The molecule has 0 saturated carbocycles. The maximum atomic E-state index is 9.00. The number of aromatic nitrogens is 1. The van der Waals surface area contributed by atoms with Gasteiger partial charge in [0.15, 0.2) is 0 Å². The maximum absolute atomic E-state index is 9.00. The van der Waals surface area contributed by atoms with Crippen LogP contribution in [0.15, 0.2) is 52.8 Å². The normalized spacial score (nSPS) is 9.91. The standard InChI is InChI=1S/C12H12ClN5.C2H4O2/c13-9-3-5-10(6-4-9)18-7-1-2-11(18)8-16-17-12(14)15;1-2(3)4/h1-8H,(H4,14,15,17);1H3,(H,3,4)/b16-8-;/i1+1,2+1,7+1,11+1;. The fourth-order valence-corrected chi connectivity index (χ4v) is 1.62. The van der Waals surface area contributed by atoms with Crippen LogP contribution in [0.3, 0.4) is 0 Å². The van der Waals surface area contributed by atoms with Crippen molar-refractivity contribution in [1.82, 2.24) is 4.57 Å². The Hall–Kier alpha value is -2.80. The molecule has 0 aliphatic heterocycles. The second kappa shape index (κ2) is 8.48. The molecule has 1 aromatic carbocycles. The lowest BCUT2D eigenvalue weighted by molar-refractivity contribution is -0.134. The molecule has 0 aliphatic carbocycles. The second-order valence-electron chi connectivity index (χ2n) is 4.07. The highest BCUT2D eigenvalue weighted by Crippen LogP contribution is 2.15. The van der Waals surface area contributed by atoms with Crippen LogP contribution >= 0.6 is 11.6 Å². The van der Waals surface area contributed by atoms with Crippen molar-refractivity contribution in [2.75, 3.05) is 0 Å². The number of carboxylic acids is 1. The minimum absolute atomic E-state index is 0.0733. The van der Waals surface area contributed by atoms with Crippen molar-refractivity contribution in [1.29, 1.82) is 0 Å². The molecule has 7 nitrogen and oxygen atoms in total. The Balaban J connectivity index is 0.000000541. The van der Waals surface area contributed by atoms with E-state index in [-0.39, 0.29) is 5.96 Å². The van der Waals surface area contributed by atoms with Gasteiger partial charge in [-0.25, -0.2) is 0 Å². The van der Waals surface area contributed by atoms with Gasteiger partial charge in [0.1, 0.15) is 0 Å². The zero-order valence-corrected chi connectivity index (χ0v) is 12.6. The number of hydrogen-bond acceptors (Lipinski definition) is 3. The third-order valence-electron chi connectivity index (χ3n) is 2.25. The van der Waals surface area contributed by atoms with Gasteiger partial charge in [0.05, 0.1) is 11.9 Å². The number of halogens is 1. The van der Waals surface area contributed by atoms with E-state index in [0.717, 1.165) is 18.3 Å². The zero-order valence-electron chi connectivity index (χ0n) is 11.8. The highest BCUT2D eigenvalue weighted by atomic mass is 35.5. The monoisotopic (exact) mass is 325 g/mol. The zero-order chi connectivity index (χ0) is 16.5. The largest absolute Gasteiger partial charge is 0.481 e. The number of nitrogens with two attached hydrogens (primary N) is 2. The number of carbonyl (C=O) groups is 1. The van der Waals surface area contributed by atoms with Gasteiger partial charge in [-0.05, 0) is 36.4 Å².